The number of rotatable bonds is 1. The van der Waals surface area contributed by atoms with Crippen molar-refractivity contribution in [1.29, 1.82) is 0 Å². The van der Waals surface area contributed by atoms with Gasteiger partial charge in [-0.3, -0.25) is 14.7 Å². The highest BCUT2D eigenvalue weighted by Gasteiger charge is 2.67. The second kappa shape index (κ2) is 5.75. The molecule has 5 heterocycles. The van der Waals surface area contributed by atoms with Crippen LogP contribution >= 0.6 is 0 Å². The summed E-state index contributed by atoms with van der Waals surface area (Å²) in [5, 5.41) is 54.0. The zero-order valence-corrected chi connectivity index (χ0v) is 16.4. The highest BCUT2D eigenvalue weighted by molar-refractivity contribution is 5.64. The number of hydrogen-bond donors (Lipinski definition) is 5. The molecule has 0 spiro atoms. The Morgan fingerprint density at radius 3 is 2.55 bits per heavy atom. The quantitative estimate of drug-likeness (QED) is 0.313. The van der Waals surface area contributed by atoms with Gasteiger partial charge in [-0.1, -0.05) is 0 Å². The number of phenols is 3. The van der Waals surface area contributed by atoms with Crippen LogP contribution in [0.3, 0.4) is 0 Å². The molecule has 158 valence electrons. The maximum absolute atomic E-state index is 11.3. The smallest absolute Gasteiger partial charge is 0.164 e. The van der Waals surface area contributed by atoms with E-state index in [9.17, 15) is 25.5 Å². The Kier molecular flexibility index (Phi) is 3.60. The Labute approximate surface area is 168 Å². The Bertz CT molecular complexity index is 896. The fourth-order valence-corrected chi connectivity index (χ4v) is 7.06. The van der Waals surface area contributed by atoms with Gasteiger partial charge in [-0.05, 0) is 20.4 Å². The highest BCUT2D eigenvalue weighted by Crippen LogP contribution is 2.62. The number of ether oxygens (including phenoxy) is 1. The number of hydrogen-bond acceptors (Lipinski definition) is 9. The maximum atomic E-state index is 11.3. The van der Waals surface area contributed by atoms with Crippen LogP contribution in [0.5, 0.6) is 17.2 Å². The van der Waals surface area contributed by atoms with Crippen molar-refractivity contribution in [3.8, 4) is 17.2 Å². The zero-order valence-electron chi connectivity index (χ0n) is 16.4. The van der Waals surface area contributed by atoms with Crippen LogP contribution in [0.2, 0.25) is 0 Å². The SMILES string of the molecule is Cc1c(O)c(O)c2c(c1O)[C@H]1[C@@H]3[C@@H]4[C@@H](C[C@H]([C@@H](O)N3[C@@H]2CO)N4C)[C@@H]2OCCN21. The highest BCUT2D eigenvalue weighted by atomic mass is 16.5. The molecule has 9 heteroatoms. The lowest BCUT2D eigenvalue weighted by Crippen LogP contribution is -2.72. The number of aromatic hydroxyl groups is 3. The largest absolute Gasteiger partial charge is 0.507 e. The molecule has 4 fully saturated rings. The third-order valence-electron chi connectivity index (χ3n) is 8.20. The van der Waals surface area contributed by atoms with Crippen LogP contribution in [0, 0.1) is 12.8 Å². The minimum Gasteiger partial charge on any atom is -0.507 e. The second-order valence-electron chi connectivity index (χ2n) is 9.11. The van der Waals surface area contributed by atoms with Gasteiger partial charge in [0.05, 0.1) is 25.3 Å². The summed E-state index contributed by atoms with van der Waals surface area (Å²) in [5.74, 6) is -0.541. The molecule has 1 aromatic rings. The van der Waals surface area contributed by atoms with Crippen LogP contribution in [0.25, 0.3) is 0 Å². The predicted octanol–water partition coefficient (Wildman–Crippen LogP) is -0.437. The number of piperazine rings is 1. The molecular formula is C20H27N3O6. The summed E-state index contributed by atoms with van der Waals surface area (Å²) in [6.07, 6.45) is -0.154. The van der Waals surface area contributed by atoms with Crippen LogP contribution in [0.4, 0.5) is 0 Å². The van der Waals surface area contributed by atoms with Crippen molar-refractivity contribution < 1.29 is 30.3 Å². The normalized spacial score (nSPS) is 43.4. The van der Waals surface area contributed by atoms with E-state index in [2.05, 4.69) is 9.80 Å². The van der Waals surface area contributed by atoms with Crippen LogP contribution in [-0.4, -0.2) is 97.6 Å². The first-order valence-electron chi connectivity index (χ1n) is 10.3. The van der Waals surface area contributed by atoms with Gasteiger partial charge in [0.2, 0.25) is 0 Å². The molecule has 0 amide bonds. The summed E-state index contributed by atoms with van der Waals surface area (Å²) in [5.41, 5.74) is 1.07. The molecule has 29 heavy (non-hydrogen) atoms. The van der Waals surface area contributed by atoms with Crippen LogP contribution < -0.4 is 0 Å². The Hall–Kier alpha value is -1.62. The third-order valence-corrected chi connectivity index (χ3v) is 8.20. The van der Waals surface area contributed by atoms with Gasteiger partial charge < -0.3 is 30.3 Å². The number of benzene rings is 1. The van der Waals surface area contributed by atoms with E-state index in [1.165, 1.54) is 0 Å². The van der Waals surface area contributed by atoms with Crippen molar-refractivity contribution >= 4 is 0 Å². The lowest BCUT2D eigenvalue weighted by Gasteiger charge is -2.61. The summed E-state index contributed by atoms with van der Waals surface area (Å²) in [6, 6.07) is -1.20. The van der Waals surface area contributed by atoms with E-state index in [1.807, 2.05) is 11.9 Å². The lowest BCUT2D eigenvalue weighted by atomic mass is 9.73. The van der Waals surface area contributed by atoms with E-state index in [4.69, 9.17) is 4.74 Å². The number of piperidine rings is 1. The molecule has 4 saturated heterocycles. The van der Waals surface area contributed by atoms with E-state index in [0.29, 0.717) is 24.3 Å². The van der Waals surface area contributed by atoms with E-state index in [0.717, 1.165) is 6.42 Å². The molecule has 6 rings (SSSR count). The monoisotopic (exact) mass is 405 g/mol. The molecule has 5 N–H and O–H groups in total. The van der Waals surface area contributed by atoms with Crippen LogP contribution in [-0.2, 0) is 4.74 Å². The van der Waals surface area contributed by atoms with E-state index >= 15 is 0 Å². The average Bonchev–Trinajstić information content (AvgIpc) is 3.30. The van der Waals surface area contributed by atoms with Crippen LogP contribution in [0.1, 0.15) is 35.2 Å². The molecule has 5 aliphatic rings. The Morgan fingerprint density at radius 1 is 1.07 bits per heavy atom. The molecule has 8 atom stereocenters. The van der Waals surface area contributed by atoms with E-state index in [1.54, 1.807) is 6.92 Å². The first kappa shape index (κ1) is 18.2. The van der Waals surface area contributed by atoms with Gasteiger partial charge in [0, 0.05) is 47.3 Å². The van der Waals surface area contributed by atoms with Crippen molar-refractivity contribution in [3.05, 3.63) is 16.7 Å². The molecule has 5 aliphatic heterocycles. The molecule has 2 bridgehead atoms. The number of phenolic OH excluding ortho intramolecular Hbond substituents is 3. The van der Waals surface area contributed by atoms with Crippen LogP contribution in [0.15, 0.2) is 0 Å². The number of nitrogens with zero attached hydrogens (tertiary/aromatic N) is 3. The van der Waals surface area contributed by atoms with Gasteiger partial charge >= 0.3 is 0 Å². The summed E-state index contributed by atoms with van der Waals surface area (Å²) in [7, 11) is 2.03. The molecular weight excluding hydrogens is 378 g/mol. The Morgan fingerprint density at radius 2 is 1.83 bits per heavy atom. The maximum Gasteiger partial charge on any atom is 0.164 e. The topological polar surface area (TPSA) is 120 Å². The molecule has 0 aliphatic carbocycles. The fourth-order valence-electron chi connectivity index (χ4n) is 7.06. The first-order valence-corrected chi connectivity index (χ1v) is 10.3. The third kappa shape index (κ3) is 1.92. The number of likely N-dealkylation sites (N-methyl/N-ethyl adjacent to an activating group) is 1. The summed E-state index contributed by atoms with van der Waals surface area (Å²) < 4.78 is 6.12. The molecule has 1 aromatic carbocycles. The molecule has 0 saturated carbocycles. The summed E-state index contributed by atoms with van der Waals surface area (Å²) in [6.45, 7) is 2.52. The van der Waals surface area contributed by atoms with Crippen molar-refractivity contribution in [3.63, 3.8) is 0 Å². The number of aliphatic hydroxyl groups is 2. The molecule has 0 aromatic heterocycles. The Balaban J connectivity index is 1.67. The fraction of sp³-hybridized carbons (Fsp3) is 0.700. The summed E-state index contributed by atoms with van der Waals surface area (Å²) >= 11 is 0. The zero-order chi connectivity index (χ0) is 20.4. The molecule has 9 nitrogen and oxygen atoms in total. The number of aliphatic hydroxyl groups excluding tert-OH is 2. The molecule has 0 unspecified atom stereocenters. The predicted molar refractivity (Wildman–Crippen MR) is 100 cm³/mol. The summed E-state index contributed by atoms with van der Waals surface area (Å²) in [4.78, 5) is 6.37. The van der Waals surface area contributed by atoms with Crippen molar-refractivity contribution in [2.75, 3.05) is 26.8 Å². The van der Waals surface area contributed by atoms with Gasteiger partial charge in [0.15, 0.2) is 11.5 Å². The van der Waals surface area contributed by atoms with Gasteiger partial charge in [0.1, 0.15) is 18.2 Å². The van der Waals surface area contributed by atoms with Crippen molar-refractivity contribution in [2.45, 2.75) is 56.0 Å². The second-order valence-corrected chi connectivity index (χ2v) is 9.11. The van der Waals surface area contributed by atoms with Gasteiger partial charge in [-0.2, -0.15) is 0 Å². The van der Waals surface area contributed by atoms with Crippen molar-refractivity contribution in [1.82, 2.24) is 14.7 Å². The van der Waals surface area contributed by atoms with Crippen molar-refractivity contribution in [2.24, 2.45) is 5.92 Å². The average molecular weight is 405 g/mol. The van der Waals surface area contributed by atoms with Gasteiger partial charge in [-0.15, -0.1) is 0 Å². The minimum atomic E-state index is -0.830. The lowest BCUT2D eigenvalue weighted by molar-refractivity contribution is -0.199. The van der Waals surface area contributed by atoms with Gasteiger partial charge in [0.25, 0.3) is 0 Å². The minimum absolute atomic E-state index is 0.0558. The van der Waals surface area contributed by atoms with E-state index in [-0.39, 0.29) is 65.7 Å². The van der Waals surface area contributed by atoms with Gasteiger partial charge in [-0.25, -0.2) is 0 Å². The number of fused-ring (bicyclic) bond motifs is 6. The molecule has 0 radical (unpaired) electrons. The first-order chi connectivity index (χ1) is 13.9. The standard InChI is InChI=1S/C20H27N3O6/c1-7-16(25)12-11(18(27)17(7)26)10(6-24)23-15-13-8(5-9(19(23)28)21(13)2)20-22(14(12)15)3-4-29-20/h8-10,13-15,19-20,24-28H,3-6H2,1-2H3/t8-,9-,10-,13+,14+,15+,19-,20+/m1/s1. The van der Waals surface area contributed by atoms with E-state index < -0.39 is 12.3 Å².